The average molecular weight is 312 g/mol. The minimum Gasteiger partial charge on any atom is -0.299 e. The van der Waals surface area contributed by atoms with Crippen LogP contribution >= 0.6 is 0 Å². The van der Waals surface area contributed by atoms with Gasteiger partial charge in [-0.05, 0) is 22.6 Å². The second-order valence-electron chi connectivity index (χ2n) is 5.11. The van der Waals surface area contributed by atoms with Gasteiger partial charge in [0.25, 0.3) is 9.05 Å². The van der Waals surface area contributed by atoms with Crippen molar-refractivity contribution in [3.05, 3.63) is 34.9 Å². The maximum absolute atomic E-state index is 12.1. The summed E-state index contributed by atoms with van der Waals surface area (Å²) in [5.74, 6) is -0.336. The second-order valence-corrected chi connectivity index (χ2v) is 7.42. The molecule has 3 unspecified atom stereocenters. The standard InChI is InChI=1S/C13H12O5S2/c14-9-4-7-2-1-3-10-12(7)8(5-9)6-11(15)13(10)18-20(16,17)19/h1-3,8,13H,4-6H2,(H,16,17,19). The summed E-state index contributed by atoms with van der Waals surface area (Å²) in [5.41, 5.74) is 2.36. The minimum atomic E-state index is -3.88. The van der Waals surface area contributed by atoms with Crippen molar-refractivity contribution < 1.29 is 22.5 Å². The molecule has 0 heterocycles. The maximum Gasteiger partial charge on any atom is 0.267 e. The van der Waals surface area contributed by atoms with Crippen LogP contribution in [0.3, 0.4) is 0 Å². The Kier molecular flexibility index (Phi) is 3.24. The van der Waals surface area contributed by atoms with Crippen molar-refractivity contribution in [2.45, 2.75) is 31.3 Å². The fourth-order valence-electron chi connectivity index (χ4n) is 3.10. The molecule has 20 heavy (non-hydrogen) atoms. The highest BCUT2D eigenvalue weighted by Crippen LogP contribution is 2.43. The van der Waals surface area contributed by atoms with Gasteiger partial charge in [0.05, 0.1) is 0 Å². The summed E-state index contributed by atoms with van der Waals surface area (Å²) in [5, 5.41) is 0. The number of benzene rings is 1. The number of Topliss-reactive ketones (excluding diaryl/α,β-unsaturated/α-hetero) is 2. The first-order valence-corrected chi connectivity index (χ1v) is 8.53. The van der Waals surface area contributed by atoms with Crippen molar-refractivity contribution in [3.63, 3.8) is 0 Å². The Balaban J connectivity index is 2.13. The van der Waals surface area contributed by atoms with Crippen molar-refractivity contribution in [2.24, 2.45) is 0 Å². The topological polar surface area (TPSA) is 80.7 Å². The first-order valence-electron chi connectivity index (χ1n) is 6.17. The van der Waals surface area contributed by atoms with Crippen LogP contribution in [0.15, 0.2) is 18.2 Å². The van der Waals surface area contributed by atoms with Crippen molar-refractivity contribution >= 4 is 31.8 Å². The largest absolute Gasteiger partial charge is 0.299 e. The van der Waals surface area contributed by atoms with Crippen molar-refractivity contribution in [1.82, 2.24) is 0 Å². The molecule has 0 bridgehead atoms. The molecule has 3 atom stereocenters. The molecule has 0 fully saturated rings. The second kappa shape index (κ2) is 4.70. The molecule has 0 saturated heterocycles. The van der Waals surface area contributed by atoms with E-state index in [0.29, 0.717) is 18.4 Å². The van der Waals surface area contributed by atoms with Gasteiger partial charge in [-0.2, -0.15) is 4.21 Å². The normalized spacial score (nSPS) is 27.9. The SMILES string of the molecule is O=C1Cc2cccc3c2C(C1)CC(=O)C3OS(=O)(O)=S. The molecule has 2 aliphatic carbocycles. The third-order valence-corrected chi connectivity index (χ3v) is 4.41. The third-order valence-electron chi connectivity index (χ3n) is 3.74. The molecule has 0 amide bonds. The van der Waals surface area contributed by atoms with Crippen LogP contribution in [0.4, 0.5) is 0 Å². The Morgan fingerprint density at radius 3 is 2.75 bits per heavy atom. The van der Waals surface area contributed by atoms with Crippen LogP contribution in [0.5, 0.6) is 0 Å². The molecule has 0 radical (unpaired) electrons. The predicted molar refractivity (Wildman–Crippen MR) is 74.1 cm³/mol. The molecule has 0 spiro atoms. The number of hydrogen-bond donors (Lipinski definition) is 1. The van der Waals surface area contributed by atoms with Crippen LogP contribution in [-0.2, 0) is 40.4 Å². The quantitative estimate of drug-likeness (QED) is 0.890. The van der Waals surface area contributed by atoms with Gasteiger partial charge in [0.2, 0.25) is 0 Å². The summed E-state index contributed by atoms with van der Waals surface area (Å²) in [7, 11) is -3.88. The summed E-state index contributed by atoms with van der Waals surface area (Å²) in [4.78, 5) is 23.8. The molecule has 5 nitrogen and oxygen atoms in total. The lowest BCUT2D eigenvalue weighted by atomic mass is 9.72. The smallest absolute Gasteiger partial charge is 0.267 e. The first kappa shape index (κ1) is 13.8. The number of carbonyl (C=O) groups excluding carboxylic acids is 2. The van der Waals surface area contributed by atoms with Gasteiger partial charge in [-0.15, -0.1) is 0 Å². The minimum absolute atomic E-state index is 0.112. The molecule has 1 N–H and O–H groups in total. The van der Waals surface area contributed by atoms with E-state index < -0.39 is 15.2 Å². The summed E-state index contributed by atoms with van der Waals surface area (Å²) in [6.45, 7) is 0. The molecular formula is C13H12O5S2. The fraction of sp³-hybridized carbons (Fsp3) is 0.385. The number of carbonyl (C=O) groups is 2. The van der Waals surface area contributed by atoms with E-state index in [4.69, 9.17) is 4.18 Å². The van der Waals surface area contributed by atoms with E-state index in [-0.39, 0.29) is 23.9 Å². The van der Waals surface area contributed by atoms with E-state index in [0.717, 1.165) is 11.1 Å². The van der Waals surface area contributed by atoms with Crippen LogP contribution in [0.25, 0.3) is 0 Å². The Bertz CT molecular complexity index is 707. The van der Waals surface area contributed by atoms with E-state index >= 15 is 0 Å². The van der Waals surface area contributed by atoms with Gasteiger partial charge in [-0.3, -0.25) is 18.3 Å². The molecule has 1 aromatic carbocycles. The Labute approximate surface area is 121 Å². The van der Waals surface area contributed by atoms with Gasteiger partial charge >= 0.3 is 0 Å². The van der Waals surface area contributed by atoms with Crippen LogP contribution in [-0.4, -0.2) is 20.3 Å². The van der Waals surface area contributed by atoms with Crippen LogP contribution in [0.1, 0.15) is 41.6 Å². The third kappa shape index (κ3) is 2.42. The monoisotopic (exact) mass is 312 g/mol. The highest BCUT2D eigenvalue weighted by Gasteiger charge is 2.40. The van der Waals surface area contributed by atoms with E-state index in [9.17, 15) is 18.4 Å². The number of rotatable bonds is 2. The molecule has 2 aliphatic rings. The Morgan fingerprint density at radius 1 is 1.30 bits per heavy atom. The van der Waals surface area contributed by atoms with Gasteiger partial charge < -0.3 is 0 Å². The van der Waals surface area contributed by atoms with E-state index in [1.54, 1.807) is 12.1 Å². The molecule has 1 aromatic rings. The lowest BCUT2D eigenvalue weighted by Gasteiger charge is -2.34. The Morgan fingerprint density at radius 2 is 2.05 bits per heavy atom. The summed E-state index contributed by atoms with van der Waals surface area (Å²) in [6.07, 6.45) is -0.289. The molecule has 0 saturated carbocycles. The number of ketones is 2. The molecule has 0 aromatic heterocycles. The highest BCUT2D eigenvalue weighted by atomic mass is 32.9. The molecular weight excluding hydrogens is 300 g/mol. The average Bonchev–Trinajstić information content (AvgIpc) is 2.32. The molecule has 0 aliphatic heterocycles. The zero-order valence-corrected chi connectivity index (χ0v) is 12.0. The highest BCUT2D eigenvalue weighted by molar-refractivity contribution is 8.27. The molecule has 106 valence electrons. The fourth-order valence-corrected chi connectivity index (χ4v) is 3.79. The summed E-state index contributed by atoms with van der Waals surface area (Å²) in [6, 6.07) is 5.27. The molecule has 3 rings (SSSR count). The van der Waals surface area contributed by atoms with Gasteiger partial charge in [-0.1, -0.05) is 18.2 Å². The predicted octanol–water partition coefficient (Wildman–Crippen LogP) is 1.45. The first-order chi connectivity index (χ1) is 9.35. The van der Waals surface area contributed by atoms with Crippen molar-refractivity contribution in [3.8, 4) is 0 Å². The van der Waals surface area contributed by atoms with Gasteiger partial charge in [0.15, 0.2) is 11.9 Å². The van der Waals surface area contributed by atoms with Gasteiger partial charge in [-0.25, -0.2) is 0 Å². The van der Waals surface area contributed by atoms with Crippen LogP contribution in [0, 0.1) is 0 Å². The maximum atomic E-state index is 12.1. The van der Waals surface area contributed by atoms with Crippen molar-refractivity contribution in [1.29, 1.82) is 0 Å². The summed E-state index contributed by atoms with van der Waals surface area (Å²) >= 11 is 4.33. The van der Waals surface area contributed by atoms with Gasteiger partial charge in [0.1, 0.15) is 5.78 Å². The van der Waals surface area contributed by atoms with Gasteiger partial charge in [0, 0.05) is 30.5 Å². The van der Waals surface area contributed by atoms with Crippen LogP contribution in [0.2, 0.25) is 0 Å². The zero-order valence-electron chi connectivity index (χ0n) is 10.4. The van der Waals surface area contributed by atoms with Crippen LogP contribution < -0.4 is 0 Å². The van der Waals surface area contributed by atoms with E-state index in [1.807, 2.05) is 6.07 Å². The van der Waals surface area contributed by atoms with Crippen molar-refractivity contribution in [2.75, 3.05) is 0 Å². The summed E-state index contributed by atoms with van der Waals surface area (Å²) < 4.78 is 25.3. The van der Waals surface area contributed by atoms with E-state index in [2.05, 4.69) is 11.2 Å². The lowest BCUT2D eigenvalue weighted by molar-refractivity contribution is -0.127. The van der Waals surface area contributed by atoms with E-state index in [1.165, 1.54) is 0 Å². The zero-order chi connectivity index (χ0) is 14.5. The number of hydrogen-bond acceptors (Lipinski definition) is 5. The molecule has 7 heteroatoms. The lowest BCUT2D eigenvalue weighted by Crippen LogP contribution is -2.32. The Hall–Kier alpha value is -1.15.